The second-order valence-corrected chi connectivity index (χ2v) is 3.85. The van der Waals surface area contributed by atoms with E-state index in [9.17, 15) is 0 Å². The van der Waals surface area contributed by atoms with Crippen molar-refractivity contribution in [1.82, 2.24) is 10.6 Å². The van der Waals surface area contributed by atoms with Crippen LogP contribution < -0.4 is 10.6 Å². The van der Waals surface area contributed by atoms with E-state index in [-0.39, 0.29) is 0 Å². The molecule has 0 unspecified atom stereocenters. The number of benzene rings is 1. The van der Waals surface area contributed by atoms with Gasteiger partial charge in [-0.1, -0.05) is 29.8 Å². The van der Waals surface area contributed by atoms with Gasteiger partial charge in [-0.25, -0.2) is 0 Å². The van der Waals surface area contributed by atoms with Crippen molar-refractivity contribution in [2.45, 2.75) is 19.9 Å². The van der Waals surface area contributed by atoms with Crippen LogP contribution in [0.2, 0.25) is 0 Å². The Morgan fingerprint density at radius 1 is 1.33 bits per heavy atom. The van der Waals surface area contributed by atoms with E-state index in [4.69, 9.17) is 0 Å². The summed E-state index contributed by atoms with van der Waals surface area (Å²) in [5, 5.41) is 6.54. The fraction of sp³-hybridized carbons (Fsp3) is 0.417. The van der Waals surface area contributed by atoms with Gasteiger partial charge in [-0.15, -0.1) is 0 Å². The minimum Gasteiger partial charge on any atom is -0.356 e. The zero-order valence-corrected chi connectivity index (χ0v) is 9.09. The van der Waals surface area contributed by atoms with E-state index in [0.717, 1.165) is 32.0 Å². The Bertz CT molecular complexity index is 340. The molecular formula is C12H17N3. The van der Waals surface area contributed by atoms with Crippen LogP contribution in [0.25, 0.3) is 0 Å². The van der Waals surface area contributed by atoms with E-state index in [1.165, 1.54) is 11.1 Å². The fourth-order valence-corrected chi connectivity index (χ4v) is 1.54. The van der Waals surface area contributed by atoms with E-state index in [2.05, 4.69) is 46.8 Å². The fourth-order valence-electron chi connectivity index (χ4n) is 1.54. The summed E-state index contributed by atoms with van der Waals surface area (Å²) < 4.78 is 0. The highest BCUT2D eigenvalue weighted by molar-refractivity contribution is 5.80. The standard InChI is InChI=1S/C12H17N3/c1-10-3-5-11(6-4-10)9-15-12-13-7-2-8-14-12/h3-6H,2,7-9H2,1H3,(H2,13,14,15). The summed E-state index contributed by atoms with van der Waals surface area (Å²) >= 11 is 0. The third-order valence-corrected chi connectivity index (χ3v) is 2.48. The molecule has 0 amide bonds. The number of aliphatic imine (C=N–C) groups is 1. The van der Waals surface area contributed by atoms with Crippen LogP contribution >= 0.6 is 0 Å². The van der Waals surface area contributed by atoms with Crippen molar-refractivity contribution in [3.05, 3.63) is 35.4 Å². The van der Waals surface area contributed by atoms with E-state index in [1.54, 1.807) is 0 Å². The molecule has 0 radical (unpaired) electrons. The summed E-state index contributed by atoms with van der Waals surface area (Å²) in [4.78, 5) is 4.36. The molecule has 1 aliphatic rings. The first kappa shape index (κ1) is 10.0. The van der Waals surface area contributed by atoms with Crippen molar-refractivity contribution in [3.63, 3.8) is 0 Å². The third kappa shape index (κ3) is 2.98. The van der Waals surface area contributed by atoms with Gasteiger partial charge in [-0.3, -0.25) is 4.99 Å². The van der Waals surface area contributed by atoms with Crippen LogP contribution in [0, 0.1) is 6.92 Å². The summed E-state index contributed by atoms with van der Waals surface area (Å²) in [6, 6.07) is 8.55. The van der Waals surface area contributed by atoms with Crippen molar-refractivity contribution in [1.29, 1.82) is 0 Å². The highest BCUT2D eigenvalue weighted by Gasteiger charge is 2.02. The van der Waals surface area contributed by atoms with Crippen LogP contribution in [0.3, 0.4) is 0 Å². The van der Waals surface area contributed by atoms with Crippen molar-refractivity contribution < 1.29 is 0 Å². The smallest absolute Gasteiger partial charge is 0.191 e. The molecule has 0 spiro atoms. The molecule has 2 rings (SSSR count). The van der Waals surface area contributed by atoms with E-state index in [0.29, 0.717) is 0 Å². The molecule has 3 heteroatoms. The van der Waals surface area contributed by atoms with Gasteiger partial charge in [0.1, 0.15) is 0 Å². The Kier molecular flexibility index (Phi) is 3.22. The van der Waals surface area contributed by atoms with Gasteiger partial charge in [0.15, 0.2) is 5.96 Å². The maximum Gasteiger partial charge on any atom is 0.191 e. The summed E-state index contributed by atoms with van der Waals surface area (Å²) in [5.41, 5.74) is 2.59. The van der Waals surface area contributed by atoms with Crippen LogP contribution in [0.4, 0.5) is 0 Å². The normalized spacial score (nSPS) is 15.4. The molecule has 1 aromatic rings. The first-order chi connectivity index (χ1) is 7.34. The monoisotopic (exact) mass is 203 g/mol. The molecule has 0 saturated heterocycles. The largest absolute Gasteiger partial charge is 0.356 e. The zero-order chi connectivity index (χ0) is 10.5. The van der Waals surface area contributed by atoms with Crippen molar-refractivity contribution in [3.8, 4) is 0 Å². The number of nitrogens with zero attached hydrogens (tertiary/aromatic N) is 1. The summed E-state index contributed by atoms with van der Waals surface area (Å²) in [7, 11) is 0. The molecule has 80 valence electrons. The van der Waals surface area contributed by atoms with Gasteiger partial charge < -0.3 is 10.6 Å². The van der Waals surface area contributed by atoms with Gasteiger partial charge in [0.25, 0.3) is 0 Å². The Morgan fingerprint density at radius 3 is 2.80 bits per heavy atom. The first-order valence-corrected chi connectivity index (χ1v) is 5.42. The van der Waals surface area contributed by atoms with Gasteiger partial charge in [0, 0.05) is 19.6 Å². The topological polar surface area (TPSA) is 36.4 Å². The quantitative estimate of drug-likeness (QED) is 0.763. The van der Waals surface area contributed by atoms with Gasteiger partial charge in [0.2, 0.25) is 0 Å². The average molecular weight is 203 g/mol. The Balaban J connectivity index is 1.87. The number of hydrogen-bond acceptors (Lipinski definition) is 3. The van der Waals surface area contributed by atoms with Crippen LogP contribution in [-0.4, -0.2) is 19.0 Å². The lowest BCUT2D eigenvalue weighted by molar-refractivity contribution is 0.702. The molecule has 0 saturated carbocycles. The lowest BCUT2D eigenvalue weighted by atomic mass is 10.1. The minimum atomic E-state index is 0.839. The lowest BCUT2D eigenvalue weighted by Gasteiger charge is -2.15. The molecule has 15 heavy (non-hydrogen) atoms. The first-order valence-electron chi connectivity index (χ1n) is 5.42. The number of nitrogens with one attached hydrogen (secondary N) is 2. The molecule has 0 atom stereocenters. The molecule has 0 aromatic heterocycles. The highest BCUT2D eigenvalue weighted by Crippen LogP contribution is 2.02. The van der Waals surface area contributed by atoms with Crippen molar-refractivity contribution >= 4 is 5.96 Å². The molecule has 3 nitrogen and oxygen atoms in total. The number of rotatable bonds is 2. The van der Waals surface area contributed by atoms with E-state index >= 15 is 0 Å². The van der Waals surface area contributed by atoms with Crippen LogP contribution in [-0.2, 0) is 6.54 Å². The Hall–Kier alpha value is -1.51. The minimum absolute atomic E-state index is 0.839. The van der Waals surface area contributed by atoms with E-state index < -0.39 is 0 Å². The Labute approximate surface area is 90.6 Å². The number of aryl methyl sites for hydroxylation is 1. The van der Waals surface area contributed by atoms with Gasteiger partial charge in [0.05, 0.1) is 0 Å². The molecule has 1 aliphatic heterocycles. The maximum atomic E-state index is 4.36. The maximum absolute atomic E-state index is 4.36. The predicted octanol–water partition coefficient (Wildman–Crippen LogP) is 1.43. The highest BCUT2D eigenvalue weighted by atomic mass is 15.2. The van der Waals surface area contributed by atoms with Crippen molar-refractivity contribution in [2.24, 2.45) is 4.99 Å². The van der Waals surface area contributed by atoms with Crippen LogP contribution in [0.1, 0.15) is 17.5 Å². The van der Waals surface area contributed by atoms with Crippen LogP contribution in [0.15, 0.2) is 29.3 Å². The molecular weight excluding hydrogens is 186 g/mol. The second-order valence-electron chi connectivity index (χ2n) is 3.85. The summed E-state index contributed by atoms with van der Waals surface area (Å²) in [6.07, 6.45) is 1.13. The van der Waals surface area contributed by atoms with Gasteiger partial charge in [-0.05, 0) is 18.9 Å². The number of hydrogen-bond donors (Lipinski definition) is 2. The summed E-state index contributed by atoms with van der Waals surface area (Å²) in [5.74, 6) is 0.932. The lowest BCUT2D eigenvalue weighted by Crippen LogP contribution is -2.40. The van der Waals surface area contributed by atoms with Crippen LogP contribution in [0.5, 0.6) is 0 Å². The molecule has 1 heterocycles. The molecule has 2 N–H and O–H groups in total. The average Bonchev–Trinajstić information content (AvgIpc) is 2.30. The third-order valence-electron chi connectivity index (χ3n) is 2.48. The molecule has 1 aromatic carbocycles. The SMILES string of the molecule is Cc1ccc(CNC2=NCCCN2)cc1. The Morgan fingerprint density at radius 2 is 2.13 bits per heavy atom. The van der Waals surface area contributed by atoms with Crippen molar-refractivity contribution in [2.75, 3.05) is 13.1 Å². The molecule has 0 fully saturated rings. The second kappa shape index (κ2) is 4.82. The predicted molar refractivity (Wildman–Crippen MR) is 62.9 cm³/mol. The summed E-state index contributed by atoms with van der Waals surface area (Å²) in [6.45, 7) is 4.90. The van der Waals surface area contributed by atoms with E-state index in [1.807, 2.05) is 0 Å². The zero-order valence-electron chi connectivity index (χ0n) is 9.09. The van der Waals surface area contributed by atoms with Gasteiger partial charge in [-0.2, -0.15) is 0 Å². The molecule has 0 bridgehead atoms. The molecule has 0 aliphatic carbocycles. The number of guanidine groups is 1. The van der Waals surface area contributed by atoms with Gasteiger partial charge >= 0.3 is 0 Å².